The number of hydrogen-bond acceptors (Lipinski definition) is 3. The first kappa shape index (κ1) is 12.7. The van der Waals surface area contributed by atoms with Crippen LogP contribution in [0.5, 0.6) is 0 Å². The molecule has 0 amide bonds. The van der Waals surface area contributed by atoms with Crippen LogP contribution in [0.4, 0.5) is 5.82 Å². The zero-order chi connectivity index (χ0) is 11.3. The van der Waals surface area contributed by atoms with Crippen molar-refractivity contribution < 1.29 is 0 Å². The molecule has 0 spiro atoms. The predicted molar refractivity (Wildman–Crippen MR) is 70.0 cm³/mol. The van der Waals surface area contributed by atoms with E-state index in [2.05, 4.69) is 30.1 Å². The molecule has 0 aliphatic heterocycles. The van der Waals surface area contributed by atoms with Crippen LogP contribution in [0.15, 0.2) is 18.2 Å². The number of nitrogens with zero attached hydrogens (tertiary/aromatic N) is 2. The summed E-state index contributed by atoms with van der Waals surface area (Å²) < 4.78 is 0. The highest BCUT2D eigenvalue weighted by molar-refractivity contribution is 7.98. The van der Waals surface area contributed by atoms with E-state index in [0.29, 0.717) is 11.9 Å². The Morgan fingerprint density at radius 2 is 2.27 bits per heavy atom. The fourth-order valence-electron chi connectivity index (χ4n) is 1.32. The van der Waals surface area contributed by atoms with Gasteiger partial charge in [0.25, 0.3) is 0 Å². The number of aromatic nitrogens is 1. The number of hydrogen-bond donors (Lipinski definition) is 0. The van der Waals surface area contributed by atoms with Crippen molar-refractivity contribution in [1.29, 1.82) is 0 Å². The lowest BCUT2D eigenvalue weighted by Gasteiger charge is -2.25. The van der Waals surface area contributed by atoms with E-state index in [1.807, 2.05) is 30.0 Å². The Kier molecular flexibility index (Phi) is 5.26. The summed E-state index contributed by atoms with van der Waals surface area (Å²) in [6.07, 6.45) is 2.12. The highest BCUT2D eigenvalue weighted by Gasteiger charge is 2.10. The van der Waals surface area contributed by atoms with Gasteiger partial charge in [0.05, 0.1) is 11.6 Å². The summed E-state index contributed by atoms with van der Waals surface area (Å²) in [4.78, 5) is 6.67. The van der Waals surface area contributed by atoms with E-state index in [0.717, 1.165) is 17.3 Å². The van der Waals surface area contributed by atoms with Gasteiger partial charge in [-0.25, -0.2) is 4.98 Å². The Morgan fingerprint density at radius 1 is 1.53 bits per heavy atom. The van der Waals surface area contributed by atoms with E-state index in [1.54, 1.807) is 0 Å². The van der Waals surface area contributed by atoms with E-state index >= 15 is 0 Å². The van der Waals surface area contributed by atoms with Gasteiger partial charge in [-0.1, -0.05) is 6.07 Å². The molecule has 0 aliphatic rings. The molecule has 0 saturated carbocycles. The van der Waals surface area contributed by atoms with E-state index in [-0.39, 0.29) is 0 Å². The Morgan fingerprint density at radius 3 is 2.87 bits per heavy atom. The second kappa shape index (κ2) is 6.23. The van der Waals surface area contributed by atoms with Crippen LogP contribution in [-0.4, -0.2) is 30.1 Å². The van der Waals surface area contributed by atoms with Crippen molar-refractivity contribution in [3.05, 3.63) is 23.9 Å². The molecule has 0 fully saturated rings. The Balaban J connectivity index is 2.76. The average Bonchev–Trinajstić information content (AvgIpc) is 2.28. The van der Waals surface area contributed by atoms with Gasteiger partial charge in [0, 0.05) is 18.8 Å². The highest BCUT2D eigenvalue weighted by Crippen LogP contribution is 2.15. The maximum Gasteiger partial charge on any atom is 0.128 e. The third kappa shape index (κ3) is 3.58. The molecule has 0 aliphatic carbocycles. The maximum absolute atomic E-state index is 5.76. The summed E-state index contributed by atoms with van der Waals surface area (Å²) >= 11 is 7.61. The first-order chi connectivity index (χ1) is 7.19. The zero-order valence-electron chi connectivity index (χ0n) is 9.40. The van der Waals surface area contributed by atoms with Crippen molar-refractivity contribution in [2.24, 2.45) is 0 Å². The van der Waals surface area contributed by atoms with Crippen LogP contribution in [0.3, 0.4) is 0 Å². The zero-order valence-corrected chi connectivity index (χ0v) is 11.0. The van der Waals surface area contributed by atoms with E-state index in [4.69, 9.17) is 11.6 Å². The van der Waals surface area contributed by atoms with Crippen molar-refractivity contribution in [3.63, 3.8) is 0 Å². The van der Waals surface area contributed by atoms with Crippen LogP contribution in [0.2, 0.25) is 0 Å². The highest BCUT2D eigenvalue weighted by atomic mass is 35.5. The molecule has 1 rings (SSSR count). The largest absolute Gasteiger partial charge is 0.356 e. The summed E-state index contributed by atoms with van der Waals surface area (Å²) in [5, 5.41) is 0. The summed E-state index contributed by atoms with van der Waals surface area (Å²) in [5.74, 6) is 2.57. The standard InChI is InChI=1S/C11H17ClN2S/c1-9(8-15-3)14(2)11-6-4-5-10(7-12)13-11/h4-6,9H,7-8H2,1-3H3. The quantitative estimate of drug-likeness (QED) is 0.741. The minimum absolute atomic E-state index is 0.471. The fourth-order valence-corrected chi connectivity index (χ4v) is 2.17. The third-order valence-corrected chi connectivity index (χ3v) is 3.45. The van der Waals surface area contributed by atoms with Gasteiger partial charge in [0.15, 0.2) is 0 Å². The van der Waals surface area contributed by atoms with Crippen LogP contribution in [-0.2, 0) is 5.88 Å². The van der Waals surface area contributed by atoms with Gasteiger partial charge in [0.1, 0.15) is 5.82 Å². The van der Waals surface area contributed by atoms with Crippen molar-refractivity contribution in [2.45, 2.75) is 18.8 Å². The fraction of sp³-hybridized carbons (Fsp3) is 0.545. The molecule has 1 unspecified atom stereocenters. The molecule has 2 nitrogen and oxygen atoms in total. The number of rotatable bonds is 5. The molecule has 1 aromatic heterocycles. The van der Waals surface area contributed by atoms with E-state index in [1.165, 1.54) is 0 Å². The molecular weight excluding hydrogens is 228 g/mol. The lowest BCUT2D eigenvalue weighted by atomic mass is 10.3. The SMILES string of the molecule is CSCC(C)N(C)c1cccc(CCl)n1. The minimum atomic E-state index is 0.471. The van der Waals surface area contributed by atoms with Gasteiger partial charge >= 0.3 is 0 Å². The number of pyridine rings is 1. The van der Waals surface area contributed by atoms with Crippen LogP contribution in [0.1, 0.15) is 12.6 Å². The summed E-state index contributed by atoms with van der Waals surface area (Å²) in [7, 11) is 2.07. The Labute approximate surface area is 101 Å². The van der Waals surface area contributed by atoms with Crippen LogP contribution in [0, 0.1) is 0 Å². The minimum Gasteiger partial charge on any atom is -0.356 e. The van der Waals surface area contributed by atoms with Crippen LogP contribution >= 0.6 is 23.4 Å². The van der Waals surface area contributed by atoms with Crippen molar-refractivity contribution in [3.8, 4) is 0 Å². The van der Waals surface area contributed by atoms with Crippen molar-refractivity contribution >= 4 is 29.2 Å². The monoisotopic (exact) mass is 244 g/mol. The molecule has 4 heteroatoms. The second-order valence-corrected chi connectivity index (χ2v) is 4.71. The normalized spacial score (nSPS) is 12.5. The molecule has 1 atom stereocenters. The van der Waals surface area contributed by atoms with Gasteiger partial charge < -0.3 is 4.90 Å². The van der Waals surface area contributed by atoms with E-state index in [9.17, 15) is 0 Å². The molecule has 0 N–H and O–H groups in total. The van der Waals surface area contributed by atoms with Crippen molar-refractivity contribution in [1.82, 2.24) is 4.98 Å². The van der Waals surface area contributed by atoms with Crippen LogP contribution < -0.4 is 4.90 Å². The molecule has 1 aromatic rings. The van der Waals surface area contributed by atoms with E-state index < -0.39 is 0 Å². The smallest absolute Gasteiger partial charge is 0.128 e. The van der Waals surface area contributed by atoms with Gasteiger partial charge in [-0.15, -0.1) is 11.6 Å². The molecule has 1 heterocycles. The second-order valence-electron chi connectivity index (χ2n) is 3.54. The number of alkyl halides is 1. The lowest BCUT2D eigenvalue weighted by Crippen LogP contribution is -2.31. The molecule has 0 bridgehead atoms. The lowest BCUT2D eigenvalue weighted by molar-refractivity contribution is 0.751. The average molecular weight is 245 g/mol. The Bertz CT molecular complexity index is 306. The first-order valence-electron chi connectivity index (χ1n) is 4.92. The molecule has 0 aromatic carbocycles. The van der Waals surface area contributed by atoms with Gasteiger partial charge in [-0.2, -0.15) is 11.8 Å². The molecule has 15 heavy (non-hydrogen) atoms. The van der Waals surface area contributed by atoms with Crippen molar-refractivity contribution in [2.75, 3.05) is 24.0 Å². The number of anilines is 1. The Hall–Kier alpha value is -0.410. The maximum atomic E-state index is 5.76. The van der Waals surface area contributed by atoms with Gasteiger partial charge in [0.2, 0.25) is 0 Å². The van der Waals surface area contributed by atoms with Gasteiger partial charge in [-0.05, 0) is 25.3 Å². The summed E-state index contributed by atoms with van der Waals surface area (Å²) in [6, 6.07) is 6.46. The predicted octanol–water partition coefficient (Wildman–Crippen LogP) is 3.01. The third-order valence-electron chi connectivity index (χ3n) is 2.36. The summed E-state index contributed by atoms with van der Waals surface area (Å²) in [6.45, 7) is 2.20. The molecule has 84 valence electrons. The topological polar surface area (TPSA) is 16.1 Å². The van der Waals surface area contributed by atoms with Crippen LogP contribution in [0.25, 0.3) is 0 Å². The summed E-state index contributed by atoms with van der Waals surface area (Å²) in [5.41, 5.74) is 0.928. The number of thioether (sulfide) groups is 1. The van der Waals surface area contributed by atoms with Gasteiger partial charge in [-0.3, -0.25) is 0 Å². The molecule has 0 saturated heterocycles. The molecule has 0 radical (unpaired) electrons. The first-order valence-corrected chi connectivity index (χ1v) is 6.85. The molecular formula is C11H17ClN2S. The number of halogens is 1.